The molecule has 2 rings (SSSR count). The van der Waals surface area contributed by atoms with Crippen molar-refractivity contribution in [2.24, 2.45) is 12.5 Å². The smallest absolute Gasteiger partial charge is 0.0492 e. The number of aryl methyl sites for hydroxylation is 1. The standard InChI is InChI=1S/C10H17N3/c1-10(2)7-11-6-8(10)9-4-5-12-13(9)3/h4-5,8,11H,6-7H2,1-3H3/t8-/m0/s1. The van der Waals surface area contributed by atoms with Crippen molar-refractivity contribution in [3.63, 3.8) is 0 Å². The maximum absolute atomic E-state index is 4.22. The molecule has 0 saturated carbocycles. The molecule has 1 aliphatic heterocycles. The summed E-state index contributed by atoms with van der Waals surface area (Å²) in [4.78, 5) is 0. The molecule has 3 heteroatoms. The van der Waals surface area contributed by atoms with Gasteiger partial charge in [0.2, 0.25) is 0 Å². The predicted molar refractivity (Wildman–Crippen MR) is 52.6 cm³/mol. The van der Waals surface area contributed by atoms with Gasteiger partial charge in [-0.25, -0.2) is 0 Å². The van der Waals surface area contributed by atoms with Crippen molar-refractivity contribution >= 4 is 0 Å². The Morgan fingerprint density at radius 3 is 2.85 bits per heavy atom. The van der Waals surface area contributed by atoms with E-state index < -0.39 is 0 Å². The Morgan fingerprint density at radius 1 is 1.62 bits per heavy atom. The molecule has 0 bridgehead atoms. The van der Waals surface area contributed by atoms with Crippen LogP contribution in [0.2, 0.25) is 0 Å². The van der Waals surface area contributed by atoms with E-state index in [4.69, 9.17) is 0 Å². The molecule has 0 amide bonds. The second kappa shape index (κ2) is 2.84. The van der Waals surface area contributed by atoms with Gasteiger partial charge < -0.3 is 5.32 Å². The van der Waals surface area contributed by atoms with Gasteiger partial charge in [-0.15, -0.1) is 0 Å². The predicted octanol–water partition coefficient (Wildman–Crippen LogP) is 1.13. The van der Waals surface area contributed by atoms with Crippen LogP contribution < -0.4 is 5.32 Å². The van der Waals surface area contributed by atoms with Gasteiger partial charge in [0, 0.05) is 37.9 Å². The Balaban J connectivity index is 2.31. The summed E-state index contributed by atoms with van der Waals surface area (Å²) in [6, 6.07) is 2.12. The van der Waals surface area contributed by atoms with Gasteiger partial charge in [-0.3, -0.25) is 4.68 Å². The maximum atomic E-state index is 4.22. The summed E-state index contributed by atoms with van der Waals surface area (Å²) in [5.74, 6) is 0.597. The van der Waals surface area contributed by atoms with Crippen molar-refractivity contribution in [3.05, 3.63) is 18.0 Å². The van der Waals surface area contributed by atoms with E-state index in [-0.39, 0.29) is 0 Å². The zero-order valence-electron chi connectivity index (χ0n) is 8.54. The zero-order valence-corrected chi connectivity index (χ0v) is 8.54. The third-order valence-electron chi connectivity index (χ3n) is 3.09. The van der Waals surface area contributed by atoms with Crippen molar-refractivity contribution in [3.8, 4) is 0 Å². The van der Waals surface area contributed by atoms with E-state index in [1.54, 1.807) is 0 Å². The van der Waals surface area contributed by atoms with Crippen LogP contribution in [0.15, 0.2) is 12.3 Å². The Morgan fingerprint density at radius 2 is 2.38 bits per heavy atom. The Kier molecular flexibility index (Phi) is 1.91. The van der Waals surface area contributed by atoms with E-state index in [9.17, 15) is 0 Å². The molecule has 3 nitrogen and oxygen atoms in total. The van der Waals surface area contributed by atoms with E-state index in [0.717, 1.165) is 13.1 Å². The summed E-state index contributed by atoms with van der Waals surface area (Å²) in [7, 11) is 2.02. The van der Waals surface area contributed by atoms with Gasteiger partial charge in [-0.05, 0) is 11.5 Å². The molecule has 0 aliphatic carbocycles. The Bertz CT molecular complexity index is 301. The molecule has 13 heavy (non-hydrogen) atoms. The maximum Gasteiger partial charge on any atom is 0.0492 e. The third kappa shape index (κ3) is 1.37. The lowest BCUT2D eigenvalue weighted by Crippen LogP contribution is -2.22. The van der Waals surface area contributed by atoms with Crippen LogP contribution in [0.25, 0.3) is 0 Å². The molecule has 1 saturated heterocycles. The summed E-state index contributed by atoms with van der Waals surface area (Å²) in [5.41, 5.74) is 1.70. The highest BCUT2D eigenvalue weighted by Crippen LogP contribution is 2.37. The number of hydrogen-bond donors (Lipinski definition) is 1. The molecular formula is C10H17N3. The van der Waals surface area contributed by atoms with Crippen molar-refractivity contribution in [2.75, 3.05) is 13.1 Å². The molecule has 1 atom stereocenters. The minimum atomic E-state index is 0.355. The molecule has 1 aliphatic rings. The quantitative estimate of drug-likeness (QED) is 0.700. The molecule has 0 spiro atoms. The monoisotopic (exact) mass is 179 g/mol. The van der Waals surface area contributed by atoms with Crippen molar-refractivity contribution in [1.82, 2.24) is 15.1 Å². The lowest BCUT2D eigenvalue weighted by atomic mass is 9.80. The highest BCUT2D eigenvalue weighted by molar-refractivity contribution is 5.15. The topological polar surface area (TPSA) is 29.9 Å². The van der Waals surface area contributed by atoms with E-state index >= 15 is 0 Å². The van der Waals surface area contributed by atoms with Crippen molar-refractivity contribution < 1.29 is 0 Å². The molecular weight excluding hydrogens is 162 g/mol. The third-order valence-corrected chi connectivity index (χ3v) is 3.09. The van der Waals surface area contributed by atoms with Crippen LogP contribution in [0.5, 0.6) is 0 Å². The fraction of sp³-hybridized carbons (Fsp3) is 0.700. The molecule has 0 radical (unpaired) electrons. The second-order valence-corrected chi connectivity index (χ2v) is 4.55. The number of hydrogen-bond acceptors (Lipinski definition) is 2. The average Bonchev–Trinajstić information content (AvgIpc) is 2.56. The molecule has 1 fully saturated rings. The fourth-order valence-electron chi connectivity index (χ4n) is 2.17. The van der Waals surface area contributed by atoms with Crippen LogP contribution in [0, 0.1) is 5.41 Å². The van der Waals surface area contributed by atoms with Crippen LogP contribution in [0.3, 0.4) is 0 Å². The van der Waals surface area contributed by atoms with E-state index in [0.29, 0.717) is 11.3 Å². The van der Waals surface area contributed by atoms with Crippen molar-refractivity contribution in [1.29, 1.82) is 0 Å². The van der Waals surface area contributed by atoms with Crippen LogP contribution in [-0.2, 0) is 7.05 Å². The van der Waals surface area contributed by atoms with Gasteiger partial charge >= 0.3 is 0 Å². The first-order valence-electron chi connectivity index (χ1n) is 4.80. The number of aromatic nitrogens is 2. The van der Waals surface area contributed by atoms with Crippen molar-refractivity contribution in [2.45, 2.75) is 19.8 Å². The normalized spacial score (nSPS) is 26.5. The van der Waals surface area contributed by atoms with Crippen LogP contribution in [0.4, 0.5) is 0 Å². The van der Waals surface area contributed by atoms with Gasteiger partial charge in [-0.1, -0.05) is 13.8 Å². The average molecular weight is 179 g/mol. The van der Waals surface area contributed by atoms with Gasteiger partial charge in [0.05, 0.1) is 0 Å². The van der Waals surface area contributed by atoms with Gasteiger partial charge in [-0.2, -0.15) is 5.10 Å². The molecule has 1 aromatic rings. The summed E-state index contributed by atoms with van der Waals surface area (Å²) in [5, 5.41) is 7.65. The first-order chi connectivity index (χ1) is 6.11. The first-order valence-corrected chi connectivity index (χ1v) is 4.80. The summed E-state index contributed by atoms with van der Waals surface area (Å²) >= 11 is 0. The van der Waals surface area contributed by atoms with Gasteiger partial charge in [0.1, 0.15) is 0 Å². The lowest BCUT2D eigenvalue weighted by Gasteiger charge is -2.25. The Hall–Kier alpha value is -0.830. The molecule has 1 N–H and O–H groups in total. The minimum Gasteiger partial charge on any atom is -0.315 e. The van der Waals surface area contributed by atoms with Crippen LogP contribution in [0.1, 0.15) is 25.5 Å². The van der Waals surface area contributed by atoms with Crippen LogP contribution in [-0.4, -0.2) is 22.9 Å². The number of nitrogens with one attached hydrogen (secondary N) is 1. The summed E-state index contributed by atoms with van der Waals surface area (Å²) in [6.45, 7) is 6.80. The SMILES string of the molecule is Cn1nccc1[C@@H]1CNCC1(C)C. The highest BCUT2D eigenvalue weighted by atomic mass is 15.3. The molecule has 72 valence electrons. The minimum absolute atomic E-state index is 0.355. The molecule has 0 unspecified atom stereocenters. The van der Waals surface area contributed by atoms with Crippen LogP contribution >= 0.6 is 0 Å². The van der Waals surface area contributed by atoms with Gasteiger partial charge in [0.25, 0.3) is 0 Å². The lowest BCUT2D eigenvalue weighted by molar-refractivity contribution is 0.350. The number of rotatable bonds is 1. The zero-order chi connectivity index (χ0) is 9.47. The largest absolute Gasteiger partial charge is 0.315 e. The summed E-state index contributed by atoms with van der Waals surface area (Å²) < 4.78 is 1.99. The first kappa shape index (κ1) is 8.75. The fourth-order valence-corrected chi connectivity index (χ4v) is 2.17. The number of nitrogens with zero attached hydrogens (tertiary/aromatic N) is 2. The highest BCUT2D eigenvalue weighted by Gasteiger charge is 2.36. The molecule has 2 heterocycles. The van der Waals surface area contributed by atoms with E-state index in [1.165, 1.54) is 5.69 Å². The van der Waals surface area contributed by atoms with E-state index in [1.807, 2.05) is 17.9 Å². The van der Waals surface area contributed by atoms with Gasteiger partial charge in [0.15, 0.2) is 0 Å². The molecule has 0 aromatic carbocycles. The Labute approximate surface area is 79.1 Å². The summed E-state index contributed by atoms with van der Waals surface area (Å²) in [6.07, 6.45) is 1.88. The second-order valence-electron chi connectivity index (χ2n) is 4.55. The van der Waals surface area contributed by atoms with E-state index in [2.05, 4.69) is 30.3 Å². The molecule has 1 aromatic heterocycles.